The molecule has 2 aromatic carbocycles. The lowest BCUT2D eigenvalue weighted by Gasteiger charge is -2.48. The van der Waals surface area contributed by atoms with Gasteiger partial charge in [-0.3, -0.25) is 14.5 Å². The minimum Gasteiger partial charge on any atom is -0.448 e. The first-order valence-electron chi connectivity index (χ1n) is 12.3. The standard InChI is InChI=1S/C29H22N4O4S3/c30-22-27(35)33-24(29(36)37-25(17-7-3-1-4-8-17)18-9-5-2-6-10-18)19(16-39-28(22)33)11-14-38-21-15-20(34)23-26(40-21)32-13-12-31-23/h1-15,22,25,28H,16,30H2/b14-11+/t22-,28-/m1/s1. The summed E-state index contributed by atoms with van der Waals surface area (Å²) in [4.78, 5) is 49.4. The number of amides is 1. The van der Waals surface area contributed by atoms with Crippen molar-refractivity contribution in [3.8, 4) is 0 Å². The van der Waals surface area contributed by atoms with Crippen LogP contribution in [0.3, 0.4) is 0 Å². The minimum atomic E-state index is -0.664. The first-order chi connectivity index (χ1) is 19.5. The number of hydrogen-bond acceptors (Lipinski definition) is 10. The molecule has 2 aliphatic rings. The normalized spacial score (nSPS) is 18.8. The van der Waals surface area contributed by atoms with Crippen LogP contribution in [0.25, 0.3) is 10.3 Å². The quantitative estimate of drug-likeness (QED) is 0.190. The minimum absolute atomic E-state index is 0.196. The molecule has 2 aromatic heterocycles. The second-order valence-electron chi connectivity index (χ2n) is 8.98. The lowest BCUT2D eigenvalue weighted by atomic mass is 10.0. The Morgan fingerprint density at radius 1 is 1.05 bits per heavy atom. The number of nitrogens with zero attached hydrogens (tertiary/aromatic N) is 3. The molecule has 8 nitrogen and oxygen atoms in total. The molecular weight excluding hydrogens is 565 g/mol. The van der Waals surface area contributed by atoms with Crippen molar-refractivity contribution >= 4 is 57.1 Å². The van der Waals surface area contributed by atoms with E-state index in [9.17, 15) is 14.4 Å². The maximum atomic E-state index is 13.8. The topological polar surface area (TPSA) is 115 Å². The van der Waals surface area contributed by atoms with Gasteiger partial charge in [-0.2, -0.15) is 0 Å². The van der Waals surface area contributed by atoms with Gasteiger partial charge in [0.15, 0.2) is 6.10 Å². The largest absolute Gasteiger partial charge is 0.448 e. The van der Waals surface area contributed by atoms with Crippen molar-refractivity contribution in [1.29, 1.82) is 0 Å². The van der Waals surface area contributed by atoms with E-state index >= 15 is 0 Å². The van der Waals surface area contributed by atoms with E-state index in [1.807, 2.05) is 60.7 Å². The molecule has 1 amide bonds. The van der Waals surface area contributed by atoms with Crippen LogP contribution in [-0.2, 0) is 14.3 Å². The van der Waals surface area contributed by atoms with Crippen LogP contribution >= 0.6 is 34.9 Å². The van der Waals surface area contributed by atoms with Gasteiger partial charge in [0, 0.05) is 24.2 Å². The number of esters is 1. The smallest absolute Gasteiger partial charge is 0.356 e. The number of benzene rings is 2. The highest BCUT2D eigenvalue weighted by molar-refractivity contribution is 8.04. The Morgan fingerprint density at radius 2 is 1.73 bits per heavy atom. The predicted octanol–water partition coefficient (Wildman–Crippen LogP) is 4.49. The van der Waals surface area contributed by atoms with Crippen LogP contribution in [0, 0.1) is 0 Å². The van der Waals surface area contributed by atoms with Crippen LogP contribution in [0.1, 0.15) is 17.2 Å². The molecule has 4 aromatic rings. The van der Waals surface area contributed by atoms with Crippen molar-refractivity contribution in [3.63, 3.8) is 0 Å². The lowest BCUT2D eigenvalue weighted by Crippen LogP contribution is -2.68. The average molecular weight is 587 g/mol. The molecule has 0 radical (unpaired) electrons. The van der Waals surface area contributed by atoms with Crippen molar-refractivity contribution in [2.24, 2.45) is 5.73 Å². The van der Waals surface area contributed by atoms with Crippen LogP contribution in [0.4, 0.5) is 0 Å². The molecule has 0 spiro atoms. The number of carbonyl (C=O) groups is 2. The molecule has 6 rings (SSSR count). The van der Waals surface area contributed by atoms with Gasteiger partial charge in [-0.25, -0.2) is 14.8 Å². The molecule has 4 heterocycles. The fourth-order valence-corrected chi connectivity index (χ4v) is 7.64. The van der Waals surface area contributed by atoms with Crippen molar-refractivity contribution in [2.45, 2.75) is 21.7 Å². The van der Waals surface area contributed by atoms with Crippen molar-refractivity contribution in [3.05, 3.63) is 123 Å². The van der Waals surface area contributed by atoms with Crippen molar-refractivity contribution in [1.82, 2.24) is 14.9 Å². The summed E-state index contributed by atoms with van der Waals surface area (Å²) in [5.41, 5.74) is 8.66. The summed E-state index contributed by atoms with van der Waals surface area (Å²) >= 11 is 4.19. The Bertz CT molecular complexity index is 1670. The summed E-state index contributed by atoms with van der Waals surface area (Å²) in [7, 11) is 0. The van der Waals surface area contributed by atoms with Crippen LogP contribution in [0.2, 0.25) is 0 Å². The van der Waals surface area contributed by atoms with E-state index in [0.29, 0.717) is 21.7 Å². The summed E-state index contributed by atoms with van der Waals surface area (Å²) in [5, 5.41) is 1.48. The van der Waals surface area contributed by atoms with Crippen LogP contribution < -0.4 is 11.2 Å². The van der Waals surface area contributed by atoms with Crippen molar-refractivity contribution < 1.29 is 14.3 Å². The van der Waals surface area contributed by atoms with Crippen LogP contribution in [-0.4, -0.2) is 43.9 Å². The maximum absolute atomic E-state index is 13.8. The number of aromatic nitrogens is 2. The van der Waals surface area contributed by atoms with Gasteiger partial charge in [-0.15, -0.1) is 23.1 Å². The number of carbonyl (C=O) groups excluding carboxylic acids is 2. The molecule has 200 valence electrons. The van der Waals surface area contributed by atoms with E-state index in [-0.39, 0.29) is 22.4 Å². The Balaban J connectivity index is 1.32. The van der Waals surface area contributed by atoms with Crippen LogP contribution in [0.15, 0.2) is 111 Å². The molecule has 1 saturated heterocycles. The zero-order valence-electron chi connectivity index (χ0n) is 20.9. The summed E-state index contributed by atoms with van der Waals surface area (Å²) in [6, 6.07) is 19.8. The summed E-state index contributed by atoms with van der Waals surface area (Å²) in [5.74, 6) is -0.437. The van der Waals surface area contributed by atoms with E-state index in [2.05, 4.69) is 9.97 Å². The van der Waals surface area contributed by atoms with E-state index in [4.69, 9.17) is 10.5 Å². The SMILES string of the molecule is N[C@@H]1C(=O)N2C(C(=O)OC(c3ccccc3)c3ccccc3)=C(/C=C/Sc3cc(=O)c4nccnc4s3)CS[C@H]12. The first-order valence-corrected chi connectivity index (χ1v) is 15.1. The van der Waals surface area contributed by atoms with E-state index < -0.39 is 18.1 Å². The van der Waals surface area contributed by atoms with Crippen molar-refractivity contribution in [2.75, 3.05) is 5.75 Å². The second-order valence-corrected chi connectivity index (χ2v) is 12.3. The summed E-state index contributed by atoms with van der Waals surface area (Å²) in [6.45, 7) is 0. The maximum Gasteiger partial charge on any atom is 0.356 e. The number of ether oxygens (including phenoxy) is 1. The zero-order valence-corrected chi connectivity index (χ0v) is 23.3. The highest BCUT2D eigenvalue weighted by Crippen LogP contribution is 2.41. The highest BCUT2D eigenvalue weighted by Gasteiger charge is 2.52. The number of fused-ring (bicyclic) bond motifs is 2. The average Bonchev–Trinajstić information content (AvgIpc) is 3.00. The van der Waals surface area contributed by atoms with Gasteiger partial charge in [0.1, 0.15) is 27.5 Å². The Morgan fingerprint density at radius 3 is 2.42 bits per heavy atom. The number of nitrogens with two attached hydrogens (primary N) is 1. The first kappa shape index (κ1) is 26.5. The van der Waals surface area contributed by atoms with Gasteiger partial charge in [-0.05, 0) is 28.2 Å². The number of rotatable bonds is 7. The van der Waals surface area contributed by atoms with Gasteiger partial charge in [0.05, 0.1) is 4.21 Å². The predicted molar refractivity (Wildman–Crippen MR) is 158 cm³/mol. The third kappa shape index (κ3) is 5.08. The number of β-lactam (4-membered cyclic amide) rings is 1. The van der Waals surface area contributed by atoms with Crippen LogP contribution in [0.5, 0.6) is 0 Å². The molecule has 0 saturated carbocycles. The van der Waals surface area contributed by atoms with E-state index in [1.165, 1.54) is 52.0 Å². The molecule has 0 bridgehead atoms. The van der Waals surface area contributed by atoms with Gasteiger partial charge in [-0.1, -0.05) is 72.4 Å². The summed E-state index contributed by atoms with van der Waals surface area (Å²) in [6.07, 6.45) is 4.18. The molecule has 0 unspecified atom stereocenters. The third-order valence-corrected chi connectivity index (χ3v) is 9.75. The summed E-state index contributed by atoms with van der Waals surface area (Å²) < 4.78 is 6.85. The molecule has 2 atom stereocenters. The van der Waals surface area contributed by atoms with E-state index in [0.717, 1.165) is 15.3 Å². The van der Waals surface area contributed by atoms with Gasteiger partial charge >= 0.3 is 5.97 Å². The van der Waals surface area contributed by atoms with E-state index in [1.54, 1.807) is 17.7 Å². The fourth-order valence-electron chi connectivity index (χ4n) is 4.51. The molecule has 2 aliphatic heterocycles. The Labute approximate surface area is 242 Å². The van der Waals surface area contributed by atoms with Gasteiger partial charge in [0.2, 0.25) is 11.3 Å². The number of thioether (sulfide) groups is 2. The number of hydrogen-bond donors (Lipinski definition) is 1. The Kier molecular flexibility index (Phi) is 7.53. The van der Waals surface area contributed by atoms with Gasteiger partial charge in [0.25, 0.3) is 0 Å². The monoisotopic (exact) mass is 586 g/mol. The lowest BCUT2D eigenvalue weighted by molar-refractivity contribution is -0.153. The Hall–Kier alpha value is -3.77. The highest BCUT2D eigenvalue weighted by atomic mass is 32.2. The zero-order chi connectivity index (χ0) is 27.6. The molecular formula is C29H22N4O4S3. The molecule has 11 heteroatoms. The molecule has 0 aliphatic carbocycles. The number of allylic oxidation sites excluding steroid dienone is 1. The molecule has 2 N–H and O–H groups in total. The third-order valence-electron chi connectivity index (χ3n) is 6.46. The molecule has 1 fully saturated rings. The molecule has 40 heavy (non-hydrogen) atoms. The second kappa shape index (κ2) is 11.4. The fraction of sp³-hybridized carbons (Fsp3) is 0.138. The van der Waals surface area contributed by atoms with Gasteiger partial charge < -0.3 is 10.5 Å².